The molecule has 0 amide bonds. The molecular weight excluding hydrogens is 294 g/mol. The van der Waals surface area contributed by atoms with Crippen molar-refractivity contribution in [2.24, 2.45) is 0 Å². The highest BCUT2D eigenvalue weighted by molar-refractivity contribution is 6.13. The molecule has 1 aliphatic heterocycles. The Labute approximate surface area is 133 Å². The summed E-state index contributed by atoms with van der Waals surface area (Å²) in [6.45, 7) is 2.35. The average molecular weight is 309 g/mol. The highest BCUT2D eigenvalue weighted by Crippen LogP contribution is 2.30. The SMILES string of the molecule is Cc1cccc2c1OCCC(=Cc1ccc([N+](=O)[O-])cc1)C2=O. The molecule has 0 radical (unpaired) electrons. The summed E-state index contributed by atoms with van der Waals surface area (Å²) in [4.78, 5) is 23.0. The second kappa shape index (κ2) is 6.04. The van der Waals surface area contributed by atoms with Crippen molar-refractivity contribution in [1.29, 1.82) is 0 Å². The van der Waals surface area contributed by atoms with E-state index in [1.807, 2.05) is 19.1 Å². The number of hydrogen-bond donors (Lipinski definition) is 0. The second-order valence-corrected chi connectivity index (χ2v) is 5.40. The van der Waals surface area contributed by atoms with Gasteiger partial charge in [0.25, 0.3) is 5.69 Å². The van der Waals surface area contributed by atoms with Gasteiger partial charge in [0, 0.05) is 24.1 Å². The van der Waals surface area contributed by atoms with Crippen molar-refractivity contribution in [2.75, 3.05) is 6.61 Å². The third-order valence-corrected chi connectivity index (χ3v) is 3.81. The van der Waals surface area contributed by atoms with Gasteiger partial charge >= 0.3 is 0 Å². The van der Waals surface area contributed by atoms with Gasteiger partial charge in [0.15, 0.2) is 5.78 Å². The van der Waals surface area contributed by atoms with Crippen LogP contribution in [0.4, 0.5) is 5.69 Å². The summed E-state index contributed by atoms with van der Waals surface area (Å²) < 4.78 is 5.72. The molecule has 23 heavy (non-hydrogen) atoms. The number of nitro groups is 1. The lowest BCUT2D eigenvalue weighted by Crippen LogP contribution is -2.02. The number of hydrogen-bond acceptors (Lipinski definition) is 4. The summed E-state index contributed by atoms with van der Waals surface area (Å²) >= 11 is 0. The van der Waals surface area contributed by atoms with Gasteiger partial charge in [0.05, 0.1) is 17.1 Å². The first-order chi connectivity index (χ1) is 11.1. The van der Waals surface area contributed by atoms with E-state index >= 15 is 0 Å². The molecule has 1 aliphatic rings. The number of nitro benzene ring substituents is 1. The van der Waals surface area contributed by atoms with Gasteiger partial charge in [-0.05, 0) is 42.3 Å². The maximum atomic E-state index is 12.7. The van der Waals surface area contributed by atoms with Crippen molar-refractivity contribution in [3.05, 3.63) is 74.8 Å². The van der Waals surface area contributed by atoms with E-state index in [1.54, 1.807) is 24.3 Å². The molecule has 0 aromatic heterocycles. The predicted molar refractivity (Wildman–Crippen MR) is 86.7 cm³/mol. The Morgan fingerprint density at radius 2 is 1.91 bits per heavy atom. The minimum Gasteiger partial charge on any atom is -0.492 e. The zero-order chi connectivity index (χ0) is 16.4. The molecule has 1 heterocycles. The Hall–Kier alpha value is -2.95. The fourth-order valence-electron chi connectivity index (χ4n) is 2.60. The summed E-state index contributed by atoms with van der Waals surface area (Å²) in [5.41, 5.74) is 2.94. The van der Waals surface area contributed by atoms with E-state index in [1.165, 1.54) is 12.1 Å². The van der Waals surface area contributed by atoms with Crippen LogP contribution in [-0.4, -0.2) is 17.3 Å². The van der Waals surface area contributed by atoms with Gasteiger partial charge in [-0.1, -0.05) is 12.1 Å². The van der Waals surface area contributed by atoms with E-state index in [2.05, 4.69) is 0 Å². The minimum absolute atomic E-state index is 0.0312. The molecule has 0 bridgehead atoms. The highest BCUT2D eigenvalue weighted by Gasteiger charge is 2.22. The third kappa shape index (κ3) is 2.99. The molecule has 0 N–H and O–H groups in total. The van der Waals surface area contributed by atoms with Crippen LogP contribution in [0.3, 0.4) is 0 Å². The molecule has 0 saturated heterocycles. The number of fused-ring (bicyclic) bond motifs is 1. The van der Waals surface area contributed by atoms with Crippen molar-refractivity contribution >= 4 is 17.5 Å². The van der Waals surface area contributed by atoms with Gasteiger partial charge in [0.1, 0.15) is 5.75 Å². The van der Waals surface area contributed by atoms with Crippen LogP contribution in [-0.2, 0) is 0 Å². The second-order valence-electron chi connectivity index (χ2n) is 5.40. The maximum Gasteiger partial charge on any atom is 0.269 e. The van der Waals surface area contributed by atoms with Crippen molar-refractivity contribution in [3.8, 4) is 5.75 Å². The van der Waals surface area contributed by atoms with Gasteiger partial charge in [-0.25, -0.2) is 0 Å². The molecule has 5 heteroatoms. The van der Waals surface area contributed by atoms with E-state index in [0.29, 0.717) is 29.9 Å². The molecular formula is C18H15NO4. The van der Waals surface area contributed by atoms with Crippen molar-refractivity contribution in [3.63, 3.8) is 0 Å². The molecule has 0 atom stereocenters. The van der Waals surface area contributed by atoms with Crippen LogP contribution in [0, 0.1) is 17.0 Å². The summed E-state index contributed by atoms with van der Waals surface area (Å²) in [5, 5.41) is 10.7. The number of Topliss-reactive ketones (excluding diaryl/α,β-unsaturated/α-hetero) is 1. The molecule has 0 saturated carbocycles. The Bertz CT molecular complexity index is 806. The summed E-state index contributed by atoms with van der Waals surface area (Å²) in [6, 6.07) is 11.7. The lowest BCUT2D eigenvalue weighted by Gasteiger charge is -2.08. The smallest absolute Gasteiger partial charge is 0.269 e. The fourth-order valence-corrected chi connectivity index (χ4v) is 2.60. The zero-order valence-corrected chi connectivity index (χ0v) is 12.6. The molecule has 0 unspecified atom stereocenters. The summed E-state index contributed by atoms with van der Waals surface area (Å²) in [6.07, 6.45) is 2.27. The number of ketones is 1. The van der Waals surface area contributed by atoms with E-state index in [9.17, 15) is 14.9 Å². The molecule has 0 spiro atoms. The monoisotopic (exact) mass is 309 g/mol. The van der Waals surface area contributed by atoms with Gasteiger partial charge in [-0.2, -0.15) is 0 Å². The molecule has 2 aromatic rings. The number of carbonyl (C=O) groups excluding carboxylic acids is 1. The Kier molecular flexibility index (Phi) is 3.93. The third-order valence-electron chi connectivity index (χ3n) is 3.81. The number of carbonyl (C=O) groups is 1. The number of non-ortho nitro benzene ring substituents is 1. The molecule has 0 aliphatic carbocycles. The van der Waals surface area contributed by atoms with Crippen LogP contribution in [0.25, 0.3) is 6.08 Å². The van der Waals surface area contributed by atoms with Crippen molar-refractivity contribution < 1.29 is 14.5 Å². The number of benzene rings is 2. The average Bonchev–Trinajstić information content (AvgIpc) is 2.69. The zero-order valence-electron chi connectivity index (χ0n) is 12.6. The molecule has 116 valence electrons. The molecule has 2 aromatic carbocycles. The van der Waals surface area contributed by atoms with Crippen molar-refractivity contribution in [1.82, 2.24) is 0 Å². The van der Waals surface area contributed by atoms with E-state index in [-0.39, 0.29) is 11.5 Å². The van der Waals surface area contributed by atoms with E-state index in [4.69, 9.17) is 4.74 Å². The number of aryl methyl sites for hydroxylation is 1. The molecule has 3 rings (SSSR count). The normalized spacial score (nSPS) is 15.7. The number of rotatable bonds is 2. The maximum absolute atomic E-state index is 12.7. The van der Waals surface area contributed by atoms with Gasteiger partial charge in [0.2, 0.25) is 0 Å². The molecule has 0 fully saturated rings. The first kappa shape index (κ1) is 15.0. The predicted octanol–water partition coefficient (Wildman–Crippen LogP) is 3.95. The lowest BCUT2D eigenvalue weighted by atomic mass is 9.98. The topological polar surface area (TPSA) is 69.4 Å². The first-order valence-corrected chi connectivity index (χ1v) is 7.28. The Morgan fingerprint density at radius 3 is 2.61 bits per heavy atom. The minimum atomic E-state index is -0.444. The van der Waals surface area contributed by atoms with Crippen LogP contribution in [0.5, 0.6) is 5.75 Å². The molecule has 5 nitrogen and oxygen atoms in total. The first-order valence-electron chi connectivity index (χ1n) is 7.28. The van der Waals surface area contributed by atoms with Crippen molar-refractivity contribution in [2.45, 2.75) is 13.3 Å². The van der Waals surface area contributed by atoms with E-state index in [0.717, 1.165) is 11.1 Å². The Balaban J connectivity index is 1.96. The number of para-hydroxylation sites is 1. The van der Waals surface area contributed by atoms with E-state index < -0.39 is 4.92 Å². The standard InChI is InChI=1S/C18H15NO4/c1-12-3-2-4-16-17(20)14(9-10-23-18(12)16)11-13-5-7-15(8-6-13)19(21)22/h2-8,11H,9-10H2,1H3. The highest BCUT2D eigenvalue weighted by atomic mass is 16.6. The number of nitrogens with zero attached hydrogens (tertiary/aromatic N) is 1. The Morgan fingerprint density at radius 1 is 1.17 bits per heavy atom. The van der Waals surface area contributed by atoms with Gasteiger partial charge in [-0.15, -0.1) is 0 Å². The van der Waals surface area contributed by atoms with Crippen LogP contribution >= 0.6 is 0 Å². The largest absolute Gasteiger partial charge is 0.492 e. The van der Waals surface area contributed by atoms with Crippen LogP contribution in [0.2, 0.25) is 0 Å². The quantitative estimate of drug-likeness (QED) is 0.478. The number of ether oxygens (including phenoxy) is 1. The van der Waals surface area contributed by atoms with Crippen LogP contribution in [0.15, 0.2) is 48.0 Å². The van der Waals surface area contributed by atoms with Gasteiger partial charge in [-0.3, -0.25) is 14.9 Å². The van der Waals surface area contributed by atoms with Crippen LogP contribution in [0.1, 0.15) is 27.9 Å². The van der Waals surface area contributed by atoms with Crippen LogP contribution < -0.4 is 4.74 Å². The summed E-state index contributed by atoms with van der Waals surface area (Å²) in [7, 11) is 0. The summed E-state index contributed by atoms with van der Waals surface area (Å²) in [5.74, 6) is 0.587. The van der Waals surface area contributed by atoms with Gasteiger partial charge < -0.3 is 4.74 Å². The fraction of sp³-hybridized carbons (Fsp3) is 0.167. The lowest BCUT2D eigenvalue weighted by molar-refractivity contribution is -0.384.